The van der Waals surface area contributed by atoms with Crippen LogP contribution in [-0.2, 0) is 9.59 Å². The molecule has 6 nitrogen and oxygen atoms in total. The number of anilines is 1. The van der Waals surface area contributed by atoms with E-state index in [4.69, 9.17) is 5.73 Å². The summed E-state index contributed by atoms with van der Waals surface area (Å²) in [7, 11) is 0. The standard InChI is InChI=1S/C18H16N4O2/c1-11(23)21-16-8-7-14-13(10-20-18(14)22-16)9-15(17(19)24)12-5-3-2-4-6-12/h2-10H,1H3,(H2,19,24)(H2,20,21,22,23). The average molecular weight is 320 g/mol. The Balaban J connectivity index is 2.05. The molecule has 1 aromatic carbocycles. The molecule has 2 heterocycles. The molecule has 0 saturated heterocycles. The molecular formula is C18H16N4O2. The van der Waals surface area contributed by atoms with Crippen LogP contribution in [0, 0.1) is 0 Å². The Morgan fingerprint density at radius 2 is 1.92 bits per heavy atom. The van der Waals surface area contributed by atoms with Gasteiger partial charge in [-0.05, 0) is 23.8 Å². The normalized spacial score (nSPS) is 11.5. The maximum absolute atomic E-state index is 11.8. The molecule has 0 spiro atoms. The largest absolute Gasteiger partial charge is 0.366 e. The molecule has 24 heavy (non-hydrogen) atoms. The summed E-state index contributed by atoms with van der Waals surface area (Å²) in [6.07, 6.45) is 3.48. The Kier molecular flexibility index (Phi) is 4.11. The second kappa shape index (κ2) is 6.37. The van der Waals surface area contributed by atoms with Crippen LogP contribution in [0.2, 0.25) is 0 Å². The van der Waals surface area contributed by atoms with Crippen LogP contribution in [-0.4, -0.2) is 21.8 Å². The van der Waals surface area contributed by atoms with Gasteiger partial charge in [-0.25, -0.2) is 4.98 Å². The van der Waals surface area contributed by atoms with Crippen molar-refractivity contribution in [3.8, 4) is 0 Å². The molecule has 0 aliphatic carbocycles. The summed E-state index contributed by atoms with van der Waals surface area (Å²) >= 11 is 0. The Bertz CT molecular complexity index is 942. The number of H-pyrrole nitrogens is 1. The molecule has 3 aromatic rings. The van der Waals surface area contributed by atoms with Crippen LogP contribution in [0.1, 0.15) is 18.1 Å². The molecule has 0 aliphatic rings. The van der Waals surface area contributed by atoms with Crippen molar-refractivity contribution in [2.75, 3.05) is 5.32 Å². The predicted molar refractivity (Wildman–Crippen MR) is 93.9 cm³/mol. The fraction of sp³-hybridized carbons (Fsp3) is 0.0556. The van der Waals surface area contributed by atoms with E-state index in [0.29, 0.717) is 17.0 Å². The maximum Gasteiger partial charge on any atom is 0.249 e. The van der Waals surface area contributed by atoms with Crippen molar-refractivity contribution in [2.45, 2.75) is 6.92 Å². The van der Waals surface area contributed by atoms with Crippen molar-refractivity contribution < 1.29 is 9.59 Å². The predicted octanol–water partition coefficient (Wildman–Crippen LogP) is 2.55. The van der Waals surface area contributed by atoms with Gasteiger partial charge in [-0.3, -0.25) is 9.59 Å². The Morgan fingerprint density at radius 1 is 1.17 bits per heavy atom. The average Bonchev–Trinajstić information content (AvgIpc) is 2.94. The number of nitrogens with one attached hydrogen (secondary N) is 2. The molecule has 2 aromatic heterocycles. The van der Waals surface area contributed by atoms with Crippen LogP contribution in [0.5, 0.6) is 0 Å². The van der Waals surface area contributed by atoms with Crippen LogP contribution < -0.4 is 11.1 Å². The summed E-state index contributed by atoms with van der Waals surface area (Å²) in [5, 5.41) is 3.46. The van der Waals surface area contributed by atoms with Crippen LogP contribution in [0.3, 0.4) is 0 Å². The summed E-state index contributed by atoms with van der Waals surface area (Å²) < 4.78 is 0. The number of amides is 2. The third kappa shape index (κ3) is 3.17. The van der Waals surface area contributed by atoms with E-state index in [1.54, 1.807) is 18.3 Å². The van der Waals surface area contributed by atoms with E-state index in [9.17, 15) is 9.59 Å². The first-order chi connectivity index (χ1) is 11.5. The van der Waals surface area contributed by atoms with Crippen LogP contribution in [0.4, 0.5) is 5.82 Å². The van der Waals surface area contributed by atoms with Gasteiger partial charge in [0.2, 0.25) is 11.8 Å². The molecule has 0 saturated carbocycles. The highest BCUT2D eigenvalue weighted by Gasteiger charge is 2.11. The molecule has 0 bridgehead atoms. The lowest BCUT2D eigenvalue weighted by Gasteiger charge is -2.04. The number of rotatable bonds is 4. The lowest BCUT2D eigenvalue weighted by atomic mass is 10.0. The highest BCUT2D eigenvalue weighted by Crippen LogP contribution is 2.24. The molecule has 0 radical (unpaired) electrons. The molecular weight excluding hydrogens is 304 g/mol. The van der Waals surface area contributed by atoms with E-state index in [-0.39, 0.29) is 5.91 Å². The van der Waals surface area contributed by atoms with E-state index in [1.807, 2.05) is 36.4 Å². The molecule has 120 valence electrons. The minimum absolute atomic E-state index is 0.186. The second-order valence-electron chi connectivity index (χ2n) is 5.31. The lowest BCUT2D eigenvalue weighted by molar-refractivity contribution is -0.114. The number of aromatic amines is 1. The smallest absolute Gasteiger partial charge is 0.249 e. The number of benzene rings is 1. The Labute approximate surface area is 138 Å². The van der Waals surface area contributed by atoms with Gasteiger partial charge in [-0.15, -0.1) is 0 Å². The number of aromatic nitrogens is 2. The fourth-order valence-corrected chi connectivity index (χ4v) is 2.47. The molecule has 3 rings (SSSR count). The monoisotopic (exact) mass is 320 g/mol. The van der Waals surface area contributed by atoms with E-state index in [0.717, 1.165) is 16.5 Å². The summed E-state index contributed by atoms with van der Waals surface area (Å²) in [5.41, 5.74) is 8.11. The zero-order chi connectivity index (χ0) is 17.1. The van der Waals surface area contributed by atoms with Gasteiger partial charge in [0.25, 0.3) is 0 Å². The number of hydrogen-bond donors (Lipinski definition) is 3. The summed E-state index contributed by atoms with van der Waals surface area (Å²) in [5.74, 6) is -0.224. The number of carbonyl (C=O) groups is 2. The zero-order valence-corrected chi connectivity index (χ0v) is 13.0. The number of fused-ring (bicyclic) bond motifs is 1. The van der Waals surface area contributed by atoms with Gasteiger partial charge in [0.15, 0.2) is 0 Å². The molecule has 0 fully saturated rings. The molecule has 6 heteroatoms. The molecule has 2 amide bonds. The van der Waals surface area contributed by atoms with E-state index >= 15 is 0 Å². The second-order valence-corrected chi connectivity index (χ2v) is 5.31. The Morgan fingerprint density at radius 3 is 2.58 bits per heavy atom. The van der Waals surface area contributed by atoms with Gasteiger partial charge < -0.3 is 16.0 Å². The van der Waals surface area contributed by atoms with Gasteiger partial charge in [0.1, 0.15) is 11.5 Å². The van der Waals surface area contributed by atoms with E-state index in [2.05, 4.69) is 15.3 Å². The number of pyridine rings is 1. The molecule has 0 atom stereocenters. The first-order valence-corrected chi connectivity index (χ1v) is 7.37. The van der Waals surface area contributed by atoms with Crippen molar-refractivity contribution in [1.29, 1.82) is 0 Å². The summed E-state index contributed by atoms with van der Waals surface area (Å²) in [4.78, 5) is 30.3. The number of primary amides is 1. The van der Waals surface area contributed by atoms with Crippen molar-refractivity contribution in [1.82, 2.24) is 9.97 Å². The first kappa shape index (κ1) is 15.5. The quantitative estimate of drug-likeness (QED) is 0.644. The van der Waals surface area contributed by atoms with Gasteiger partial charge >= 0.3 is 0 Å². The molecule has 4 N–H and O–H groups in total. The van der Waals surface area contributed by atoms with Gasteiger partial charge in [0.05, 0.1) is 0 Å². The topological polar surface area (TPSA) is 101 Å². The molecule has 0 unspecified atom stereocenters. The minimum atomic E-state index is -0.502. The van der Waals surface area contributed by atoms with Gasteiger partial charge in [-0.1, -0.05) is 30.3 Å². The SMILES string of the molecule is CC(=O)Nc1ccc2c(C=C(C(N)=O)c3ccccc3)c[nH]c2n1. The maximum atomic E-state index is 11.8. The van der Waals surface area contributed by atoms with Crippen molar-refractivity contribution in [2.24, 2.45) is 5.73 Å². The minimum Gasteiger partial charge on any atom is -0.366 e. The summed E-state index contributed by atoms with van der Waals surface area (Å²) in [6.45, 7) is 1.42. The number of carbonyl (C=O) groups excluding carboxylic acids is 2. The van der Waals surface area contributed by atoms with Crippen LogP contribution in [0.25, 0.3) is 22.7 Å². The highest BCUT2D eigenvalue weighted by molar-refractivity contribution is 6.24. The molecule has 0 aliphatic heterocycles. The van der Waals surface area contributed by atoms with Crippen molar-refractivity contribution in [3.63, 3.8) is 0 Å². The van der Waals surface area contributed by atoms with Gasteiger partial charge in [0, 0.05) is 29.6 Å². The third-order valence-corrected chi connectivity index (χ3v) is 3.52. The fourth-order valence-electron chi connectivity index (χ4n) is 2.47. The number of nitrogens with zero attached hydrogens (tertiary/aromatic N) is 1. The third-order valence-electron chi connectivity index (χ3n) is 3.52. The van der Waals surface area contributed by atoms with E-state index < -0.39 is 5.91 Å². The summed E-state index contributed by atoms with van der Waals surface area (Å²) in [6, 6.07) is 12.8. The lowest BCUT2D eigenvalue weighted by Crippen LogP contribution is -2.12. The number of nitrogens with two attached hydrogens (primary N) is 1. The first-order valence-electron chi connectivity index (χ1n) is 7.37. The number of hydrogen-bond acceptors (Lipinski definition) is 3. The van der Waals surface area contributed by atoms with Crippen molar-refractivity contribution >= 4 is 40.3 Å². The van der Waals surface area contributed by atoms with Gasteiger partial charge in [-0.2, -0.15) is 0 Å². The highest BCUT2D eigenvalue weighted by atomic mass is 16.1. The zero-order valence-electron chi connectivity index (χ0n) is 13.0. The van der Waals surface area contributed by atoms with Crippen LogP contribution >= 0.6 is 0 Å². The van der Waals surface area contributed by atoms with E-state index in [1.165, 1.54) is 6.92 Å². The van der Waals surface area contributed by atoms with Crippen molar-refractivity contribution in [3.05, 3.63) is 59.8 Å². The van der Waals surface area contributed by atoms with Crippen LogP contribution in [0.15, 0.2) is 48.7 Å². The Hall–Kier alpha value is -3.41.